The molecule has 2 heterocycles. The minimum absolute atomic E-state index is 0.00450. The van der Waals surface area contributed by atoms with Gasteiger partial charge in [0.2, 0.25) is 0 Å². The zero-order chi connectivity index (χ0) is 39.0. The van der Waals surface area contributed by atoms with Crippen molar-refractivity contribution in [1.29, 1.82) is 0 Å². The third-order valence-corrected chi connectivity index (χ3v) is 9.29. The number of carbonyl (C=O) groups is 3. The highest BCUT2D eigenvalue weighted by Crippen LogP contribution is 2.51. The SMILES string of the molecule is CCCc1cc(C(O)(C(F)(F)F)C(F)(F)F)ccc1Oc1ccc(C(=O)CN2C(=O)C(c3ccc4c(c3)CCO4)N(C)C2=O)c(OCc2ccccc2)c1. The van der Waals surface area contributed by atoms with E-state index in [0.717, 1.165) is 22.1 Å². The predicted octanol–water partition coefficient (Wildman–Crippen LogP) is 8.08. The molecule has 54 heavy (non-hydrogen) atoms. The summed E-state index contributed by atoms with van der Waals surface area (Å²) < 4.78 is 99.3. The van der Waals surface area contributed by atoms with Crippen LogP contribution in [-0.2, 0) is 29.8 Å². The van der Waals surface area contributed by atoms with Gasteiger partial charge in [0, 0.05) is 25.1 Å². The molecule has 4 aromatic carbocycles. The Balaban J connectivity index is 1.29. The summed E-state index contributed by atoms with van der Waals surface area (Å²) in [5, 5.41) is 9.96. The van der Waals surface area contributed by atoms with Gasteiger partial charge in [0.05, 0.1) is 18.7 Å². The van der Waals surface area contributed by atoms with Crippen molar-refractivity contribution in [2.45, 2.75) is 56.8 Å². The zero-order valence-electron chi connectivity index (χ0n) is 29.0. The lowest BCUT2D eigenvalue weighted by Gasteiger charge is -2.33. The average Bonchev–Trinajstić information content (AvgIpc) is 3.68. The summed E-state index contributed by atoms with van der Waals surface area (Å²) in [5.74, 6) is -0.666. The van der Waals surface area contributed by atoms with Gasteiger partial charge >= 0.3 is 18.4 Å². The number of rotatable bonds is 12. The summed E-state index contributed by atoms with van der Waals surface area (Å²) in [5.41, 5.74) is -4.42. The molecule has 6 rings (SSSR count). The smallest absolute Gasteiger partial charge is 0.430 e. The molecule has 15 heteroatoms. The molecule has 2 aliphatic rings. The van der Waals surface area contributed by atoms with Gasteiger partial charge in [0.25, 0.3) is 11.5 Å². The number of imide groups is 1. The second-order valence-corrected chi connectivity index (χ2v) is 12.9. The van der Waals surface area contributed by atoms with Gasteiger partial charge in [-0.2, -0.15) is 26.3 Å². The van der Waals surface area contributed by atoms with Crippen LogP contribution in [0.3, 0.4) is 0 Å². The quantitative estimate of drug-likeness (QED) is 0.0886. The fourth-order valence-corrected chi connectivity index (χ4v) is 6.46. The molecule has 0 radical (unpaired) electrons. The number of urea groups is 1. The van der Waals surface area contributed by atoms with Gasteiger partial charge in [-0.3, -0.25) is 14.5 Å². The summed E-state index contributed by atoms with van der Waals surface area (Å²) in [7, 11) is 1.46. The molecule has 284 valence electrons. The largest absolute Gasteiger partial charge is 0.493 e. The third-order valence-electron chi connectivity index (χ3n) is 9.29. The van der Waals surface area contributed by atoms with Gasteiger partial charge in [-0.25, -0.2) is 4.79 Å². The zero-order valence-corrected chi connectivity index (χ0v) is 29.0. The Morgan fingerprint density at radius 3 is 2.31 bits per heavy atom. The monoisotopic (exact) mass is 756 g/mol. The maximum atomic E-state index is 13.8. The van der Waals surface area contributed by atoms with E-state index in [1.807, 2.05) is 0 Å². The lowest BCUT2D eigenvalue weighted by Crippen LogP contribution is -2.53. The van der Waals surface area contributed by atoms with E-state index in [1.54, 1.807) is 55.5 Å². The Labute approximate surface area is 305 Å². The van der Waals surface area contributed by atoms with Crippen molar-refractivity contribution in [3.8, 4) is 23.0 Å². The van der Waals surface area contributed by atoms with Crippen LogP contribution in [-0.4, -0.2) is 65.2 Å². The van der Waals surface area contributed by atoms with Gasteiger partial charge in [-0.05, 0) is 65.1 Å². The minimum Gasteiger partial charge on any atom is -0.493 e. The molecule has 0 aromatic heterocycles. The van der Waals surface area contributed by atoms with Crippen molar-refractivity contribution in [3.05, 3.63) is 118 Å². The Kier molecular flexibility index (Phi) is 10.4. The standard InChI is InChI=1S/C39H34F6N2O7/c1-3-7-24-19-27(37(51,38(40,41)42)39(43,44)45)11-15-32(24)54-28-12-13-29(33(20-28)53-22-23-8-5-4-6-9-23)30(48)21-47-35(49)34(46(2)36(47)50)26-10-14-31-25(18-26)16-17-52-31/h4-6,8-15,18-20,34,51H,3,7,16-17,21-22H2,1-2H3. The van der Waals surface area contributed by atoms with E-state index < -0.39 is 53.8 Å². The van der Waals surface area contributed by atoms with Crippen LogP contribution in [0.1, 0.15) is 57.6 Å². The van der Waals surface area contributed by atoms with E-state index in [2.05, 4.69) is 0 Å². The number of hydrogen-bond acceptors (Lipinski definition) is 7. The minimum atomic E-state index is -6.07. The summed E-state index contributed by atoms with van der Waals surface area (Å²) >= 11 is 0. The molecule has 0 bridgehead atoms. The molecular weight excluding hydrogens is 722 g/mol. The highest BCUT2D eigenvalue weighted by molar-refractivity contribution is 6.10. The Morgan fingerprint density at radius 2 is 1.63 bits per heavy atom. The number of Topliss-reactive ketones (excluding diaryl/α,β-unsaturated/α-hetero) is 1. The molecule has 1 saturated heterocycles. The number of aliphatic hydroxyl groups is 1. The molecule has 0 saturated carbocycles. The molecule has 2 aliphatic heterocycles. The van der Waals surface area contributed by atoms with Gasteiger partial charge in [0.1, 0.15) is 35.6 Å². The number of halogens is 6. The first-order valence-electron chi connectivity index (χ1n) is 16.9. The van der Waals surface area contributed by atoms with Crippen LogP contribution >= 0.6 is 0 Å². The second kappa shape index (κ2) is 14.7. The topological polar surface area (TPSA) is 106 Å². The molecule has 4 aromatic rings. The van der Waals surface area contributed by atoms with Crippen LogP contribution in [0, 0.1) is 0 Å². The van der Waals surface area contributed by atoms with Crippen molar-refractivity contribution in [1.82, 2.24) is 9.80 Å². The molecule has 9 nitrogen and oxygen atoms in total. The summed E-state index contributed by atoms with van der Waals surface area (Å²) in [6.07, 6.45) is -11.2. The average molecular weight is 757 g/mol. The van der Waals surface area contributed by atoms with E-state index in [-0.39, 0.29) is 41.4 Å². The summed E-state index contributed by atoms with van der Waals surface area (Å²) in [6.45, 7) is 1.51. The van der Waals surface area contributed by atoms with Crippen molar-refractivity contribution in [2.75, 3.05) is 20.2 Å². The van der Waals surface area contributed by atoms with Crippen molar-refractivity contribution in [2.24, 2.45) is 0 Å². The number of benzene rings is 4. The molecule has 0 aliphatic carbocycles. The number of amides is 3. The Hall–Kier alpha value is -5.57. The van der Waals surface area contributed by atoms with Crippen molar-refractivity contribution < 1.29 is 60.0 Å². The second-order valence-electron chi connectivity index (χ2n) is 12.9. The van der Waals surface area contributed by atoms with Gasteiger partial charge in [-0.1, -0.05) is 55.8 Å². The van der Waals surface area contributed by atoms with Crippen LogP contribution in [0.15, 0.2) is 84.9 Å². The fraction of sp³-hybridized carbons (Fsp3) is 0.308. The molecule has 0 spiro atoms. The number of carbonyl (C=O) groups excluding carboxylic acids is 3. The highest BCUT2D eigenvalue weighted by atomic mass is 19.4. The molecule has 1 atom stereocenters. The number of alkyl halides is 6. The van der Waals surface area contributed by atoms with Gasteiger partial charge < -0.3 is 24.2 Å². The molecule has 1 unspecified atom stereocenters. The summed E-state index contributed by atoms with van der Waals surface area (Å²) in [6, 6.07) is 18.4. The Morgan fingerprint density at radius 1 is 0.907 bits per heavy atom. The number of likely N-dealkylation sites (N-methyl/N-ethyl adjacent to an activating group) is 1. The van der Waals surface area contributed by atoms with E-state index in [1.165, 1.54) is 30.1 Å². The fourth-order valence-electron chi connectivity index (χ4n) is 6.46. The van der Waals surface area contributed by atoms with Gasteiger partial charge in [-0.15, -0.1) is 0 Å². The number of nitrogens with zero attached hydrogens (tertiary/aromatic N) is 2. The maximum absolute atomic E-state index is 13.8. The predicted molar refractivity (Wildman–Crippen MR) is 181 cm³/mol. The van der Waals surface area contributed by atoms with E-state index in [0.29, 0.717) is 42.9 Å². The molecule has 3 amide bonds. The Bertz CT molecular complexity index is 2050. The maximum Gasteiger partial charge on any atom is 0.430 e. The first kappa shape index (κ1) is 38.2. The molecule has 1 N–H and O–H groups in total. The van der Waals surface area contributed by atoms with Crippen molar-refractivity contribution in [3.63, 3.8) is 0 Å². The van der Waals surface area contributed by atoms with Gasteiger partial charge in [0.15, 0.2) is 5.78 Å². The van der Waals surface area contributed by atoms with E-state index >= 15 is 0 Å². The van der Waals surface area contributed by atoms with E-state index in [4.69, 9.17) is 14.2 Å². The van der Waals surface area contributed by atoms with Crippen LogP contribution in [0.25, 0.3) is 0 Å². The van der Waals surface area contributed by atoms with Crippen LogP contribution in [0.4, 0.5) is 31.1 Å². The normalized spacial score (nSPS) is 16.1. The molecule has 1 fully saturated rings. The first-order valence-corrected chi connectivity index (χ1v) is 16.9. The number of ketones is 1. The lowest BCUT2D eigenvalue weighted by molar-refractivity contribution is -0.376. The van der Waals surface area contributed by atoms with E-state index in [9.17, 15) is 45.8 Å². The van der Waals surface area contributed by atoms with Crippen LogP contribution in [0.2, 0.25) is 0 Å². The number of hydrogen-bond donors (Lipinski definition) is 1. The number of fused-ring (bicyclic) bond motifs is 1. The number of aryl methyl sites for hydroxylation is 1. The van der Waals surface area contributed by atoms with Crippen LogP contribution < -0.4 is 14.2 Å². The third kappa shape index (κ3) is 7.19. The summed E-state index contributed by atoms with van der Waals surface area (Å²) in [4.78, 5) is 42.8. The van der Waals surface area contributed by atoms with Crippen molar-refractivity contribution >= 4 is 17.7 Å². The molecular formula is C39H34F6N2O7. The highest BCUT2D eigenvalue weighted by Gasteiger charge is 2.71. The lowest BCUT2D eigenvalue weighted by atomic mass is 9.90. The number of ether oxygens (including phenoxy) is 3. The first-order chi connectivity index (χ1) is 25.5. The van der Waals surface area contributed by atoms with Crippen LogP contribution in [0.5, 0.6) is 23.0 Å².